The molecule has 3 aromatic rings. The summed E-state index contributed by atoms with van der Waals surface area (Å²) in [6.45, 7) is 2.22. The van der Waals surface area contributed by atoms with E-state index in [4.69, 9.17) is 5.14 Å². The zero-order valence-electron chi connectivity index (χ0n) is 14.9. The third kappa shape index (κ3) is 5.96. The number of nitrogens with two attached hydrogens (primary N) is 1. The number of primary sulfonamides is 1. The molecule has 0 aliphatic carbocycles. The van der Waals surface area contributed by atoms with Gasteiger partial charge in [-0.2, -0.15) is 0 Å². The van der Waals surface area contributed by atoms with Crippen molar-refractivity contribution in [3.63, 3.8) is 0 Å². The third-order valence-electron chi connectivity index (χ3n) is 4.19. The maximum atomic E-state index is 11.4. The highest BCUT2D eigenvalue weighted by Gasteiger charge is 2.10. The van der Waals surface area contributed by atoms with Crippen LogP contribution in [-0.4, -0.2) is 29.8 Å². The van der Waals surface area contributed by atoms with Gasteiger partial charge in [-0.15, -0.1) is 0 Å². The molecule has 2 aromatic heterocycles. The van der Waals surface area contributed by atoms with Crippen LogP contribution in [0.25, 0.3) is 0 Å². The fourth-order valence-corrected chi connectivity index (χ4v) is 3.30. The Hall–Kier alpha value is -2.61. The molecule has 7 heteroatoms. The van der Waals surface area contributed by atoms with E-state index in [0.29, 0.717) is 13.1 Å². The summed E-state index contributed by atoms with van der Waals surface area (Å²) >= 11 is 0. The van der Waals surface area contributed by atoms with Gasteiger partial charge < -0.3 is 0 Å². The minimum atomic E-state index is -3.66. The van der Waals surface area contributed by atoms with Gasteiger partial charge in [0.1, 0.15) is 0 Å². The summed E-state index contributed by atoms with van der Waals surface area (Å²) in [5, 5.41) is 5.15. The van der Waals surface area contributed by atoms with Crippen LogP contribution in [0.5, 0.6) is 0 Å². The van der Waals surface area contributed by atoms with Gasteiger partial charge in [0, 0.05) is 32.0 Å². The first-order valence-electron chi connectivity index (χ1n) is 8.64. The molecule has 0 aliphatic heterocycles. The minimum Gasteiger partial charge on any atom is -0.291 e. The van der Waals surface area contributed by atoms with Gasteiger partial charge in [0.25, 0.3) is 0 Å². The molecule has 2 N–H and O–H groups in total. The van der Waals surface area contributed by atoms with Gasteiger partial charge in [0.2, 0.25) is 10.0 Å². The molecular weight excluding hydrogens is 360 g/mol. The molecule has 2 heterocycles. The summed E-state index contributed by atoms with van der Waals surface area (Å²) in [5.41, 5.74) is 3.05. The Kier molecular flexibility index (Phi) is 6.28. The van der Waals surface area contributed by atoms with Crippen molar-refractivity contribution in [3.05, 3.63) is 90.0 Å². The predicted octanol–water partition coefficient (Wildman–Crippen LogP) is 2.37. The van der Waals surface area contributed by atoms with Crippen LogP contribution < -0.4 is 5.14 Å². The lowest BCUT2D eigenvalue weighted by Crippen LogP contribution is -2.26. The van der Waals surface area contributed by atoms with E-state index < -0.39 is 10.0 Å². The van der Waals surface area contributed by atoms with Gasteiger partial charge in [-0.1, -0.05) is 24.3 Å². The fourth-order valence-electron chi connectivity index (χ4n) is 2.79. The van der Waals surface area contributed by atoms with Crippen molar-refractivity contribution in [2.45, 2.75) is 24.4 Å². The Morgan fingerprint density at radius 2 is 1.37 bits per heavy atom. The molecule has 27 heavy (non-hydrogen) atoms. The smallest absolute Gasteiger partial charge is 0.238 e. The number of hydrogen-bond acceptors (Lipinski definition) is 5. The molecule has 0 fully saturated rings. The first kappa shape index (κ1) is 19.2. The van der Waals surface area contributed by atoms with Crippen molar-refractivity contribution in [2.75, 3.05) is 6.54 Å². The van der Waals surface area contributed by atoms with Crippen LogP contribution in [-0.2, 0) is 29.5 Å². The van der Waals surface area contributed by atoms with Crippen molar-refractivity contribution in [2.24, 2.45) is 5.14 Å². The van der Waals surface area contributed by atoms with E-state index >= 15 is 0 Å². The summed E-state index contributed by atoms with van der Waals surface area (Å²) in [5.74, 6) is 0. The highest BCUT2D eigenvalue weighted by Crippen LogP contribution is 2.12. The quantitative estimate of drug-likeness (QED) is 0.646. The average Bonchev–Trinajstić information content (AvgIpc) is 2.67. The molecule has 0 saturated heterocycles. The molecule has 1 aromatic carbocycles. The molecule has 0 saturated carbocycles. The van der Waals surface area contributed by atoms with Crippen LogP contribution in [0.2, 0.25) is 0 Å². The molecular formula is C20H22N4O2S. The molecule has 0 spiro atoms. The Morgan fingerprint density at radius 1 is 0.815 bits per heavy atom. The molecule has 0 atom stereocenters. The lowest BCUT2D eigenvalue weighted by Gasteiger charge is -2.21. The van der Waals surface area contributed by atoms with E-state index in [9.17, 15) is 8.42 Å². The van der Waals surface area contributed by atoms with Gasteiger partial charge in [-0.05, 0) is 48.4 Å². The second kappa shape index (κ2) is 8.85. The number of pyridine rings is 2. The highest BCUT2D eigenvalue weighted by atomic mass is 32.2. The van der Waals surface area contributed by atoms with Crippen molar-refractivity contribution < 1.29 is 8.42 Å². The predicted molar refractivity (Wildman–Crippen MR) is 104 cm³/mol. The fraction of sp³-hybridized carbons (Fsp3) is 0.200. The molecule has 0 radical (unpaired) electrons. The van der Waals surface area contributed by atoms with Crippen LogP contribution in [0, 0.1) is 0 Å². The van der Waals surface area contributed by atoms with Gasteiger partial charge in [-0.25, -0.2) is 13.6 Å². The zero-order valence-corrected chi connectivity index (χ0v) is 15.7. The van der Waals surface area contributed by atoms with E-state index in [1.165, 1.54) is 0 Å². The van der Waals surface area contributed by atoms with Crippen molar-refractivity contribution in [3.8, 4) is 0 Å². The van der Waals surface area contributed by atoms with Crippen LogP contribution in [0.4, 0.5) is 0 Å². The number of nitrogens with zero attached hydrogens (tertiary/aromatic N) is 3. The van der Waals surface area contributed by atoms with Crippen LogP contribution in [0.3, 0.4) is 0 Å². The molecule has 140 valence electrons. The SMILES string of the molecule is NS(=O)(=O)c1ccc(CCN(Cc2ccccn2)Cc2ccccn2)cc1. The van der Waals surface area contributed by atoms with E-state index in [2.05, 4.69) is 14.9 Å². The van der Waals surface area contributed by atoms with Gasteiger partial charge in [0.05, 0.1) is 16.3 Å². The zero-order chi connectivity index (χ0) is 19.1. The van der Waals surface area contributed by atoms with Gasteiger partial charge >= 0.3 is 0 Å². The van der Waals surface area contributed by atoms with Crippen molar-refractivity contribution >= 4 is 10.0 Å². The minimum absolute atomic E-state index is 0.130. The van der Waals surface area contributed by atoms with E-state index in [1.54, 1.807) is 36.7 Å². The lowest BCUT2D eigenvalue weighted by molar-refractivity contribution is 0.254. The molecule has 0 unspecified atom stereocenters. The summed E-state index contributed by atoms with van der Waals surface area (Å²) < 4.78 is 22.7. The Bertz CT molecular complexity index is 905. The standard InChI is InChI=1S/C20H22N4O2S/c21-27(25,26)20-9-7-17(8-10-20)11-14-24(15-18-5-1-3-12-22-18)16-19-6-2-4-13-23-19/h1-10,12-13H,11,14-16H2,(H2,21,25,26). The first-order chi connectivity index (χ1) is 13.0. The number of rotatable bonds is 8. The van der Waals surface area contributed by atoms with Crippen LogP contribution in [0.15, 0.2) is 78.0 Å². The second-order valence-corrected chi connectivity index (χ2v) is 7.85. The topological polar surface area (TPSA) is 89.2 Å². The van der Waals surface area contributed by atoms with Crippen LogP contribution >= 0.6 is 0 Å². The van der Waals surface area contributed by atoms with Gasteiger partial charge in [-0.3, -0.25) is 14.9 Å². The van der Waals surface area contributed by atoms with E-state index in [0.717, 1.165) is 29.9 Å². The summed E-state index contributed by atoms with van der Waals surface area (Å²) in [6, 6.07) is 18.5. The van der Waals surface area contributed by atoms with Crippen molar-refractivity contribution in [1.82, 2.24) is 14.9 Å². The molecule has 6 nitrogen and oxygen atoms in total. The molecule has 3 rings (SSSR count). The Labute approximate surface area is 159 Å². The molecule has 0 amide bonds. The summed E-state index contributed by atoms with van der Waals surface area (Å²) in [7, 11) is -3.66. The summed E-state index contributed by atoms with van der Waals surface area (Å²) in [4.78, 5) is 11.2. The van der Waals surface area contributed by atoms with Crippen molar-refractivity contribution in [1.29, 1.82) is 0 Å². The highest BCUT2D eigenvalue weighted by molar-refractivity contribution is 7.89. The normalized spacial score (nSPS) is 11.6. The number of sulfonamides is 1. The summed E-state index contributed by atoms with van der Waals surface area (Å²) in [6.07, 6.45) is 4.37. The van der Waals surface area contributed by atoms with E-state index in [1.807, 2.05) is 36.4 Å². The molecule has 0 bridgehead atoms. The monoisotopic (exact) mass is 382 g/mol. The maximum Gasteiger partial charge on any atom is 0.238 e. The maximum absolute atomic E-state index is 11.4. The average molecular weight is 382 g/mol. The number of hydrogen-bond donors (Lipinski definition) is 1. The lowest BCUT2D eigenvalue weighted by atomic mass is 10.1. The Morgan fingerprint density at radius 3 is 1.81 bits per heavy atom. The number of benzene rings is 1. The van der Waals surface area contributed by atoms with E-state index in [-0.39, 0.29) is 4.90 Å². The second-order valence-electron chi connectivity index (χ2n) is 6.29. The largest absolute Gasteiger partial charge is 0.291 e. The Balaban J connectivity index is 1.69. The first-order valence-corrected chi connectivity index (χ1v) is 10.2. The molecule has 0 aliphatic rings. The van der Waals surface area contributed by atoms with Gasteiger partial charge in [0.15, 0.2) is 0 Å². The van der Waals surface area contributed by atoms with Crippen LogP contribution in [0.1, 0.15) is 17.0 Å². The third-order valence-corrected chi connectivity index (χ3v) is 5.12. The number of aromatic nitrogens is 2.